The summed E-state index contributed by atoms with van der Waals surface area (Å²) >= 11 is 0. The van der Waals surface area contributed by atoms with E-state index in [1.54, 1.807) is 7.11 Å². The topological polar surface area (TPSA) is 39.4 Å². The summed E-state index contributed by atoms with van der Waals surface area (Å²) in [6.45, 7) is 3.76. The summed E-state index contributed by atoms with van der Waals surface area (Å²) in [4.78, 5) is 12.3. The predicted octanol–water partition coefficient (Wildman–Crippen LogP) is 3.82. The second kappa shape index (κ2) is 6.02. The zero-order chi connectivity index (χ0) is 16.4. The fraction of sp³-hybridized carbons (Fsp3) is 0.150. The molecule has 2 aromatic carbocycles. The van der Waals surface area contributed by atoms with E-state index < -0.39 is 5.63 Å². The standard InChI is InChI=1S/C20H16O3/c1-13-16-11-12-18(22-3)14(2)19(16)23-20(21)17(13)10-9-15-7-5-4-6-8-15/h4-8,11-12H,1-3H3. The molecule has 0 fully saturated rings. The molecule has 0 N–H and O–H groups in total. The highest BCUT2D eigenvalue weighted by Crippen LogP contribution is 2.28. The van der Waals surface area contributed by atoms with Crippen LogP contribution < -0.4 is 10.4 Å². The molecule has 0 saturated heterocycles. The molecule has 0 radical (unpaired) electrons. The van der Waals surface area contributed by atoms with Crippen molar-refractivity contribution in [3.05, 3.63) is 75.1 Å². The van der Waals surface area contributed by atoms with E-state index in [2.05, 4.69) is 11.8 Å². The lowest BCUT2D eigenvalue weighted by atomic mass is 10.0. The molecule has 0 aliphatic heterocycles. The zero-order valence-corrected chi connectivity index (χ0v) is 13.3. The maximum atomic E-state index is 12.3. The van der Waals surface area contributed by atoms with Crippen molar-refractivity contribution in [3.8, 4) is 17.6 Å². The van der Waals surface area contributed by atoms with Gasteiger partial charge in [-0.05, 0) is 43.7 Å². The Morgan fingerprint density at radius 1 is 0.957 bits per heavy atom. The summed E-state index contributed by atoms with van der Waals surface area (Å²) in [5.41, 5.74) is 3.02. The van der Waals surface area contributed by atoms with Gasteiger partial charge >= 0.3 is 5.63 Å². The molecule has 1 aromatic heterocycles. The quantitative estimate of drug-likeness (QED) is 0.507. The smallest absolute Gasteiger partial charge is 0.352 e. The Morgan fingerprint density at radius 3 is 2.39 bits per heavy atom. The Kier molecular flexibility index (Phi) is 3.91. The molecule has 0 bridgehead atoms. The van der Waals surface area contributed by atoms with Crippen molar-refractivity contribution in [1.29, 1.82) is 0 Å². The van der Waals surface area contributed by atoms with Crippen molar-refractivity contribution < 1.29 is 9.15 Å². The lowest BCUT2D eigenvalue weighted by molar-refractivity contribution is 0.410. The second-order valence-electron chi connectivity index (χ2n) is 5.28. The number of rotatable bonds is 1. The normalized spacial score (nSPS) is 10.2. The van der Waals surface area contributed by atoms with Gasteiger partial charge < -0.3 is 9.15 Å². The molecule has 3 aromatic rings. The van der Waals surface area contributed by atoms with Crippen LogP contribution in [0.5, 0.6) is 5.75 Å². The van der Waals surface area contributed by atoms with Gasteiger partial charge in [0.15, 0.2) is 0 Å². The number of aryl methyl sites for hydroxylation is 2. The number of hydrogen-bond donors (Lipinski definition) is 0. The van der Waals surface area contributed by atoms with Gasteiger partial charge in [0.2, 0.25) is 0 Å². The lowest BCUT2D eigenvalue weighted by Crippen LogP contribution is -2.07. The summed E-state index contributed by atoms with van der Waals surface area (Å²) in [5.74, 6) is 6.66. The Balaban J connectivity index is 2.21. The Bertz CT molecular complexity index is 987. The van der Waals surface area contributed by atoms with E-state index in [4.69, 9.17) is 9.15 Å². The molecular weight excluding hydrogens is 288 g/mol. The third-order valence-corrected chi connectivity index (χ3v) is 3.86. The summed E-state index contributed by atoms with van der Waals surface area (Å²) in [5, 5.41) is 0.875. The SMILES string of the molecule is COc1ccc2c(C)c(C#Cc3ccccc3)c(=O)oc2c1C. The minimum atomic E-state index is -0.421. The van der Waals surface area contributed by atoms with Crippen LogP contribution in [0.2, 0.25) is 0 Å². The highest BCUT2D eigenvalue weighted by Gasteiger charge is 2.13. The van der Waals surface area contributed by atoms with Gasteiger partial charge in [-0.15, -0.1) is 0 Å². The Morgan fingerprint density at radius 2 is 1.70 bits per heavy atom. The van der Waals surface area contributed by atoms with Crippen LogP contribution in [0.25, 0.3) is 11.0 Å². The molecule has 3 heteroatoms. The maximum absolute atomic E-state index is 12.3. The first-order valence-corrected chi connectivity index (χ1v) is 7.30. The molecule has 0 amide bonds. The molecule has 1 heterocycles. The first kappa shape index (κ1) is 14.9. The molecule has 0 saturated carbocycles. The third kappa shape index (κ3) is 2.72. The minimum absolute atomic E-state index is 0.394. The van der Waals surface area contributed by atoms with E-state index in [1.807, 2.05) is 56.3 Å². The first-order chi connectivity index (χ1) is 11.1. The average Bonchev–Trinajstić information content (AvgIpc) is 2.57. The van der Waals surface area contributed by atoms with Crippen LogP contribution in [0.3, 0.4) is 0 Å². The van der Waals surface area contributed by atoms with Crippen LogP contribution in [-0.2, 0) is 0 Å². The number of benzene rings is 2. The van der Waals surface area contributed by atoms with Crippen LogP contribution in [0, 0.1) is 25.7 Å². The van der Waals surface area contributed by atoms with Crippen LogP contribution in [0.1, 0.15) is 22.3 Å². The first-order valence-electron chi connectivity index (χ1n) is 7.30. The van der Waals surface area contributed by atoms with E-state index in [1.165, 1.54) is 0 Å². The largest absolute Gasteiger partial charge is 0.496 e. The van der Waals surface area contributed by atoms with Crippen molar-refractivity contribution in [2.24, 2.45) is 0 Å². The maximum Gasteiger partial charge on any atom is 0.352 e. The van der Waals surface area contributed by atoms with Crippen LogP contribution in [0.15, 0.2) is 51.7 Å². The molecule has 3 rings (SSSR count). The van der Waals surface area contributed by atoms with Crippen molar-refractivity contribution in [2.75, 3.05) is 7.11 Å². The van der Waals surface area contributed by atoms with Gasteiger partial charge in [-0.2, -0.15) is 0 Å². The van der Waals surface area contributed by atoms with Gasteiger partial charge in [0.1, 0.15) is 16.9 Å². The number of hydrogen-bond acceptors (Lipinski definition) is 3. The van der Waals surface area contributed by atoms with Gasteiger partial charge in [-0.3, -0.25) is 0 Å². The number of fused-ring (bicyclic) bond motifs is 1. The molecule has 0 spiro atoms. The predicted molar refractivity (Wildman–Crippen MR) is 90.9 cm³/mol. The van der Waals surface area contributed by atoms with Crippen LogP contribution in [-0.4, -0.2) is 7.11 Å². The lowest BCUT2D eigenvalue weighted by Gasteiger charge is -2.09. The third-order valence-electron chi connectivity index (χ3n) is 3.86. The number of methoxy groups -OCH3 is 1. The van der Waals surface area contributed by atoms with Gasteiger partial charge in [0.05, 0.1) is 7.11 Å². The number of ether oxygens (including phenoxy) is 1. The zero-order valence-electron chi connectivity index (χ0n) is 13.3. The summed E-state index contributed by atoms with van der Waals surface area (Å²) in [7, 11) is 1.60. The fourth-order valence-corrected chi connectivity index (χ4v) is 2.55. The highest BCUT2D eigenvalue weighted by atomic mass is 16.5. The van der Waals surface area contributed by atoms with Gasteiger partial charge in [-0.25, -0.2) is 4.79 Å². The van der Waals surface area contributed by atoms with Crippen molar-refractivity contribution in [1.82, 2.24) is 0 Å². The molecule has 0 unspecified atom stereocenters. The van der Waals surface area contributed by atoms with Crippen LogP contribution in [0.4, 0.5) is 0 Å². The second-order valence-corrected chi connectivity index (χ2v) is 5.28. The van der Waals surface area contributed by atoms with E-state index in [0.29, 0.717) is 16.9 Å². The van der Waals surface area contributed by atoms with Gasteiger partial charge in [0, 0.05) is 16.5 Å². The monoisotopic (exact) mass is 304 g/mol. The average molecular weight is 304 g/mol. The Hall–Kier alpha value is -2.99. The highest BCUT2D eigenvalue weighted by molar-refractivity contribution is 5.86. The molecule has 114 valence electrons. The van der Waals surface area contributed by atoms with E-state index in [9.17, 15) is 4.79 Å². The fourth-order valence-electron chi connectivity index (χ4n) is 2.55. The van der Waals surface area contributed by atoms with Crippen molar-refractivity contribution in [3.63, 3.8) is 0 Å². The molecule has 0 atom stereocenters. The van der Waals surface area contributed by atoms with Crippen molar-refractivity contribution >= 4 is 11.0 Å². The minimum Gasteiger partial charge on any atom is -0.496 e. The molecule has 23 heavy (non-hydrogen) atoms. The van der Waals surface area contributed by atoms with Crippen molar-refractivity contribution in [2.45, 2.75) is 13.8 Å². The molecule has 0 aliphatic rings. The molecule has 3 nitrogen and oxygen atoms in total. The van der Waals surface area contributed by atoms with Crippen LogP contribution >= 0.6 is 0 Å². The molecular formula is C20H16O3. The summed E-state index contributed by atoms with van der Waals surface area (Å²) in [6, 6.07) is 13.3. The Labute approximate surface area is 134 Å². The van der Waals surface area contributed by atoms with Gasteiger partial charge in [0.25, 0.3) is 0 Å². The van der Waals surface area contributed by atoms with E-state index in [-0.39, 0.29) is 0 Å². The van der Waals surface area contributed by atoms with E-state index >= 15 is 0 Å². The summed E-state index contributed by atoms with van der Waals surface area (Å²) < 4.78 is 10.8. The molecule has 0 aliphatic carbocycles. The summed E-state index contributed by atoms with van der Waals surface area (Å²) in [6.07, 6.45) is 0. The van der Waals surface area contributed by atoms with Gasteiger partial charge in [-0.1, -0.05) is 30.0 Å². The van der Waals surface area contributed by atoms with E-state index in [0.717, 1.165) is 22.1 Å².